The molecule has 1 rings (SSSR count). The second-order valence-electron chi connectivity index (χ2n) is 3.92. The summed E-state index contributed by atoms with van der Waals surface area (Å²) in [5, 5.41) is 0. The molecule has 0 radical (unpaired) electrons. The van der Waals surface area contributed by atoms with Gasteiger partial charge in [0.15, 0.2) is 0 Å². The molecule has 0 aromatic heterocycles. The van der Waals surface area contributed by atoms with E-state index in [9.17, 15) is 8.78 Å². The fraction of sp³-hybridized carbons (Fsp3) is 0.400. The molecule has 1 aromatic carbocycles. The molecule has 0 aliphatic rings. The van der Waals surface area contributed by atoms with Crippen LogP contribution in [0.4, 0.5) is 8.78 Å². The van der Waals surface area contributed by atoms with Crippen molar-refractivity contribution >= 4 is 15.9 Å². The minimum absolute atomic E-state index is 0.168. The van der Waals surface area contributed by atoms with Crippen molar-refractivity contribution in [3.8, 4) is 5.75 Å². The van der Waals surface area contributed by atoms with Crippen LogP contribution in [0, 0.1) is 11.6 Å². The number of halogens is 3. The SMILES string of the molecule is CC(C)(C)Oc1cc(F)c(Br)c(F)c1. The lowest BCUT2D eigenvalue weighted by atomic mass is 10.2. The summed E-state index contributed by atoms with van der Waals surface area (Å²) in [4.78, 5) is 0. The first kappa shape index (κ1) is 11.4. The normalized spacial score (nSPS) is 11.6. The van der Waals surface area contributed by atoms with Crippen LogP contribution in [0.1, 0.15) is 20.8 Å². The highest BCUT2D eigenvalue weighted by Crippen LogP contribution is 2.27. The molecule has 0 heterocycles. The largest absolute Gasteiger partial charge is 0.488 e. The number of hydrogen-bond acceptors (Lipinski definition) is 1. The molecule has 0 saturated carbocycles. The first-order chi connectivity index (χ1) is 6.29. The summed E-state index contributed by atoms with van der Waals surface area (Å²) in [5.74, 6) is -1.13. The predicted molar refractivity (Wildman–Crippen MR) is 54.4 cm³/mol. The summed E-state index contributed by atoms with van der Waals surface area (Å²) in [7, 11) is 0. The molecule has 78 valence electrons. The Balaban J connectivity index is 3.02. The van der Waals surface area contributed by atoms with Crippen LogP contribution in [0.2, 0.25) is 0 Å². The average Bonchev–Trinajstić information content (AvgIpc) is 1.96. The highest BCUT2D eigenvalue weighted by Gasteiger charge is 2.15. The van der Waals surface area contributed by atoms with Gasteiger partial charge in [-0.3, -0.25) is 0 Å². The van der Waals surface area contributed by atoms with Crippen molar-refractivity contribution in [1.82, 2.24) is 0 Å². The number of rotatable bonds is 1. The Morgan fingerprint density at radius 1 is 1.14 bits per heavy atom. The molecule has 0 saturated heterocycles. The fourth-order valence-corrected chi connectivity index (χ4v) is 1.17. The van der Waals surface area contributed by atoms with E-state index in [0.717, 1.165) is 12.1 Å². The molecular weight excluding hydrogens is 254 g/mol. The summed E-state index contributed by atoms with van der Waals surface area (Å²) < 4.78 is 31.2. The van der Waals surface area contributed by atoms with Gasteiger partial charge in [-0.2, -0.15) is 0 Å². The summed E-state index contributed by atoms with van der Waals surface area (Å²) in [6.45, 7) is 5.43. The molecular formula is C10H11BrF2O. The van der Waals surface area contributed by atoms with Crippen molar-refractivity contribution in [2.45, 2.75) is 26.4 Å². The average molecular weight is 265 g/mol. The molecule has 0 fully saturated rings. The zero-order valence-electron chi connectivity index (χ0n) is 8.20. The van der Waals surface area contributed by atoms with Gasteiger partial charge in [-0.1, -0.05) is 0 Å². The monoisotopic (exact) mass is 264 g/mol. The second-order valence-corrected chi connectivity index (χ2v) is 4.71. The van der Waals surface area contributed by atoms with Crippen LogP contribution >= 0.6 is 15.9 Å². The van der Waals surface area contributed by atoms with E-state index in [1.165, 1.54) is 0 Å². The summed E-state index contributed by atoms with van der Waals surface area (Å²) in [5.41, 5.74) is -0.466. The van der Waals surface area contributed by atoms with Crippen LogP contribution in [0.15, 0.2) is 16.6 Å². The Bertz CT molecular complexity index is 321. The van der Waals surface area contributed by atoms with Crippen molar-refractivity contribution in [1.29, 1.82) is 0 Å². The van der Waals surface area contributed by atoms with E-state index in [4.69, 9.17) is 4.74 Å². The first-order valence-electron chi connectivity index (χ1n) is 4.13. The van der Waals surface area contributed by atoms with E-state index in [-0.39, 0.29) is 10.2 Å². The van der Waals surface area contributed by atoms with Crippen molar-refractivity contribution in [3.05, 3.63) is 28.2 Å². The van der Waals surface area contributed by atoms with E-state index in [0.29, 0.717) is 0 Å². The lowest BCUT2D eigenvalue weighted by Crippen LogP contribution is -2.23. The van der Waals surface area contributed by atoms with Gasteiger partial charge in [-0.25, -0.2) is 8.78 Å². The van der Waals surface area contributed by atoms with Crippen molar-refractivity contribution in [3.63, 3.8) is 0 Å². The Kier molecular flexibility index (Phi) is 3.14. The molecule has 0 N–H and O–H groups in total. The maximum atomic E-state index is 13.0. The lowest BCUT2D eigenvalue weighted by Gasteiger charge is -2.21. The van der Waals surface area contributed by atoms with Crippen LogP contribution < -0.4 is 4.74 Å². The maximum Gasteiger partial charge on any atom is 0.144 e. The molecule has 0 atom stereocenters. The van der Waals surface area contributed by atoms with E-state index in [1.807, 2.05) is 20.8 Å². The van der Waals surface area contributed by atoms with Gasteiger partial charge >= 0.3 is 0 Å². The summed E-state index contributed by atoms with van der Waals surface area (Å²) in [6.07, 6.45) is 0. The highest BCUT2D eigenvalue weighted by atomic mass is 79.9. The van der Waals surface area contributed by atoms with E-state index >= 15 is 0 Å². The second kappa shape index (κ2) is 3.85. The Morgan fingerprint density at radius 2 is 1.57 bits per heavy atom. The van der Waals surface area contributed by atoms with Crippen LogP contribution in [0.25, 0.3) is 0 Å². The maximum absolute atomic E-state index is 13.0. The minimum atomic E-state index is -0.663. The molecule has 0 amide bonds. The first-order valence-corrected chi connectivity index (χ1v) is 4.92. The van der Waals surface area contributed by atoms with Gasteiger partial charge in [0.25, 0.3) is 0 Å². The molecule has 1 aromatic rings. The van der Waals surface area contributed by atoms with Gasteiger partial charge in [0.05, 0.1) is 4.47 Å². The molecule has 1 nitrogen and oxygen atoms in total. The van der Waals surface area contributed by atoms with Crippen LogP contribution in [0.3, 0.4) is 0 Å². The summed E-state index contributed by atoms with van der Waals surface area (Å²) >= 11 is 2.79. The molecule has 0 spiro atoms. The van der Waals surface area contributed by atoms with Crippen molar-refractivity contribution in [2.75, 3.05) is 0 Å². The van der Waals surface area contributed by atoms with E-state index < -0.39 is 17.2 Å². The molecule has 0 unspecified atom stereocenters. The van der Waals surface area contributed by atoms with Gasteiger partial charge < -0.3 is 4.74 Å². The molecule has 0 bridgehead atoms. The van der Waals surface area contributed by atoms with Crippen LogP contribution in [-0.2, 0) is 0 Å². The Hall–Kier alpha value is -0.640. The number of benzene rings is 1. The number of hydrogen-bond donors (Lipinski definition) is 0. The molecule has 14 heavy (non-hydrogen) atoms. The topological polar surface area (TPSA) is 9.23 Å². The van der Waals surface area contributed by atoms with Crippen LogP contribution in [0.5, 0.6) is 5.75 Å². The van der Waals surface area contributed by atoms with Gasteiger partial charge in [0, 0.05) is 12.1 Å². The Morgan fingerprint density at radius 3 is 1.93 bits per heavy atom. The van der Waals surface area contributed by atoms with E-state index in [1.54, 1.807) is 0 Å². The minimum Gasteiger partial charge on any atom is -0.488 e. The fourth-order valence-electron chi connectivity index (χ4n) is 0.945. The lowest BCUT2D eigenvalue weighted by molar-refractivity contribution is 0.130. The zero-order valence-corrected chi connectivity index (χ0v) is 9.78. The zero-order chi connectivity index (χ0) is 10.9. The predicted octanol–water partition coefficient (Wildman–Crippen LogP) is 3.90. The third kappa shape index (κ3) is 2.94. The third-order valence-electron chi connectivity index (χ3n) is 1.38. The van der Waals surface area contributed by atoms with Gasteiger partial charge in [-0.15, -0.1) is 0 Å². The van der Waals surface area contributed by atoms with Crippen molar-refractivity contribution in [2.24, 2.45) is 0 Å². The highest BCUT2D eigenvalue weighted by molar-refractivity contribution is 9.10. The Labute approximate surface area is 90.2 Å². The van der Waals surface area contributed by atoms with E-state index in [2.05, 4.69) is 15.9 Å². The quantitative estimate of drug-likeness (QED) is 0.699. The molecule has 4 heteroatoms. The summed E-state index contributed by atoms with van der Waals surface area (Å²) in [6, 6.07) is 2.30. The smallest absolute Gasteiger partial charge is 0.144 e. The molecule has 0 aliphatic heterocycles. The number of ether oxygens (including phenoxy) is 1. The van der Waals surface area contributed by atoms with Crippen molar-refractivity contribution < 1.29 is 13.5 Å². The molecule has 0 aliphatic carbocycles. The third-order valence-corrected chi connectivity index (χ3v) is 2.14. The van der Waals surface area contributed by atoms with Gasteiger partial charge in [-0.05, 0) is 36.7 Å². The van der Waals surface area contributed by atoms with Gasteiger partial charge in [0.1, 0.15) is 23.0 Å². The van der Waals surface area contributed by atoms with Crippen LogP contribution in [-0.4, -0.2) is 5.60 Å². The van der Waals surface area contributed by atoms with Gasteiger partial charge in [0.2, 0.25) is 0 Å². The standard InChI is InChI=1S/C10H11BrF2O/c1-10(2,3)14-6-4-7(12)9(11)8(13)5-6/h4-5H,1-3H3.